The molecule has 4 nitrogen and oxygen atoms in total. The van der Waals surface area contributed by atoms with E-state index in [9.17, 15) is 14.7 Å². The van der Waals surface area contributed by atoms with Gasteiger partial charge in [-0.2, -0.15) is 0 Å². The Kier molecular flexibility index (Phi) is 12.1. The Morgan fingerprint density at radius 3 is 2.15 bits per heavy atom. The van der Waals surface area contributed by atoms with Crippen LogP contribution in [-0.2, 0) is 9.59 Å². The number of aliphatic hydroxyl groups is 1. The highest BCUT2D eigenvalue weighted by molar-refractivity contribution is 5.79. The van der Waals surface area contributed by atoms with E-state index in [2.05, 4.69) is 13.8 Å². The highest BCUT2D eigenvalue weighted by Crippen LogP contribution is 2.67. The summed E-state index contributed by atoms with van der Waals surface area (Å²) in [5.41, 5.74) is 0.481. The topological polar surface area (TPSA) is 74.6 Å². The minimum absolute atomic E-state index is 0.223. The SMILES string of the molecule is CC.CC.CC.CC12CCC3C(C(O)CC4CC(=O)CCC43C)C1CCC2CCCC(=O)O. The van der Waals surface area contributed by atoms with Gasteiger partial charge in [-0.25, -0.2) is 0 Å². The third-order valence-corrected chi connectivity index (χ3v) is 9.64. The van der Waals surface area contributed by atoms with Gasteiger partial charge in [0.1, 0.15) is 5.78 Å². The molecule has 0 aromatic carbocycles. The summed E-state index contributed by atoms with van der Waals surface area (Å²) in [6.07, 6.45) is 9.79. The van der Waals surface area contributed by atoms with Gasteiger partial charge in [0.15, 0.2) is 0 Å². The number of carboxylic acid groups (broad SMARTS) is 1. The molecule has 0 saturated heterocycles. The summed E-state index contributed by atoms with van der Waals surface area (Å²) >= 11 is 0. The fraction of sp³-hybridized carbons (Fsp3) is 0.931. The third-order valence-electron chi connectivity index (χ3n) is 9.64. The average molecular weight is 467 g/mol. The Bertz CT molecular complexity index is 617. The molecule has 0 radical (unpaired) electrons. The number of rotatable bonds is 4. The molecular formula is C29H54O4. The van der Waals surface area contributed by atoms with Crippen molar-refractivity contribution >= 4 is 11.8 Å². The summed E-state index contributed by atoms with van der Waals surface area (Å²) in [5.74, 6) is 2.17. The van der Waals surface area contributed by atoms with Crippen LogP contribution in [0.25, 0.3) is 0 Å². The number of aliphatic carboxylic acids is 1. The molecular weight excluding hydrogens is 412 g/mol. The minimum Gasteiger partial charge on any atom is -0.481 e. The number of ketones is 1. The number of fused-ring (bicyclic) bond motifs is 5. The van der Waals surface area contributed by atoms with Crippen molar-refractivity contribution < 1.29 is 19.8 Å². The Morgan fingerprint density at radius 1 is 0.939 bits per heavy atom. The lowest BCUT2D eigenvalue weighted by Crippen LogP contribution is -2.58. The smallest absolute Gasteiger partial charge is 0.303 e. The second-order valence-corrected chi connectivity index (χ2v) is 10.6. The van der Waals surface area contributed by atoms with Crippen LogP contribution < -0.4 is 0 Å². The lowest BCUT2D eigenvalue weighted by molar-refractivity contribution is -0.167. The predicted molar refractivity (Wildman–Crippen MR) is 137 cm³/mol. The molecule has 4 rings (SSSR count). The van der Waals surface area contributed by atoms with E-state index in [1.807, 2.05) is 41.5 Å². The standard InChI is InChI=1S/C23H36O4.3C2H6/c1-22-11-9-18-21(17(22)7-6-14(22)4-3-5-20(26)27)19(25)13-15-12-16(24)8-10-23(15,18)2;3*1-2/h14-15,17-19,21,25H,3-13H2,1-2H3,(H,26,27);3*1-2H3. The average Bonchev–Trinajstić information content (AvgIpc) is 3.15. The van der Waals surface area contributed by atoms with E-state index in [-0.39, 0.29) is 23.4 Å². The number of carbonyl (C=O) groups is 2. The monoisotopic (exact) mass is 466 g/mol. The van der Waals surface area contributed by atoms with Gasteiger partial charge in [0.25, 0.3) is 0 Å². The molecule has 4 fully saturated rings. The summed E-state index contributed by atoms with van der Waals surface area (Å²) in [7, 11) is 0. The highest BCUT2D eigenvalue weighted by atomic mass is 16.4. The summed E-state index contributed by atoms with van der Waals surface area (Å²) in [5, 5.41) is 20.1. The van der Waals surface area contributed by atoms with E-state index in [0.29, 0.717) is 41.8 Å². The summed E-state index contributed by atoms with van der Waals surface area (Å²) in [4.78, 5) is 22.9. The van der Waals surface area contributed by atoms with E-state index in [1.165, 1.54) is 25.7 Å². The van der Waals surface area contributed by atoms with Gasteiger partial charge < -0.3 is 10.2 Å². The van der Waals surface area contributed by atoms with E-state index in [0.717, 1.165) is 32.1 Å². The van der Waals surface area contributed by atoms with Crippen molar-refractivity contribution in [3.8, 4) is 0 Å². The molecule has 4 heteroatoms. The van der Waals surface area contributed by atoms with Gasteiger partial charge >= 0.3 is 5.97 Å². The van der Waals surface area contributed by atoms with Crippen molar-refractivity contribution in [2.45, 2.75) is 132 Å². The van der Waals surface area contributed by atoms with Gasteiger partial charge in [-0.15, -0.1) is 0 Å². The summed E-state index contributed by atoms with van der Waals surface area (Å²) in [6.45, 7) is 16.8. The highest BCUT2D eigenvalue weighted by Gasteiger charge is 2.62. The maximum absolute atomic E-state index is 12.0. The largest absolute Gasteiger partial charge is 0.481 e. The predicted octanol–water partition coefficient (Wildman–Crippen LogP) is 7.52. The first kappa shape index (κ1) is 30.1. The molecule has 4 aliphatic rings. The molecule has 0 aromatic heterocycles. The first-order chi connectivity index (χ1) is 15.8. The van der Waals surface area contributed by atoms with Crippen molar-refractivity contribution in [1.29, 1.82) is 0 Å². The first-order valence-electron chi connectivity index (χ1n) is 14.2. The lowest BCUT2D eigenvalue weighted by atomic mass is 9.44. The maximum atomic E-state index is 12.0. The van der Waals surface area contributed by atoms with Crippen LogP contribution in [0.1, 0.15) is 126 Å². The minimum atomic E-state index is -0.688. The van der Waals surface area contributed by atoms with Gasteiger partial charge in [-0.1, -0.05) is 55.4 Å². The Labute approximate surface area is 204 Å². The number of hydrogen-bond acceptors (Lipinski definition) is 3. The molecule has 33 heavy (non-hydrogen) atoms. The first-order valence-corrected chi connectivity index (χ1v) is 14.2. The molecule has 194 valence electrons. The zero-order valence-corrected chi connectivity index (χ0v) is 23.0. The normalized spacial score (nSPS) is 40.8. The Morgan fingerprint density at radius 2 is 1.55 bits per heavy atom. The molecule has 0 heterocycles. The van der Waals surface area contributed by atoms with Crippen molar-refractivity contribution in [2.24, 2.45) is 40.4 Å². The van der Waals surface area contributed by atoms with Crippen LogP contribution in [0, 0.1) is 40.4 Å². The quantitative estimate of drug-likeness (QED) is 0.449. The van der Waals surface area contributed by atoms with Gasteiger partial charge in [0.2, 0.25) is 0 Å². The van der Waals surface area contributed by atoms with Crippen molar-refractivity contribution in [3.63, 3.8) is 0 Å². The van der Waals surface area contributed by atoms with E-state index in [1.54, 1.807) is 0 Å². The molecule has 0 spiro atoms. The molecule has 2 N–H and O–H groups in total. The molecule has 4 aliphatic carbocycles. The summed E-state index contributed by atoms with van der Waals surface area (Å²) in [6, 6.07) is 0. The van der Waals surface area contributed by atoms with Gasteiger partial charge in [0.05, 0.1) is 6.10 Å². The molecule has 8 unspecified atom stereocenters. The van der Waals surface area contributed by atoms with Crippen LogP contribution in [0.4, 0.5) is 0 Å². The number of hydrogen-bond donors (Lipinski definition) is 2. The molecule has 0 aromatic rings. The Balaban J connectivity index is 0.000000841. The number of carbonyl (C=O) groups excluding carboxylic acids is 1. The second-order valence-electron chi connectivity index (χ2n) is 10.6. The van der Waals surface area contributed by atoms with Crippen LogP contribution in [0.5, 0.6) is 0 Å². The fourth-order valence-corrected chi connectivity index (χ4v) is 8.10. The van der Waals surface area contributed by atoms with Gasteiger partial charge in [-0.05, 0) is 91.8 Å². The Hall–Kier alpha value is -0.900. The van der Waals surface area contributed by atoms with Crippen LogP contribution in [0.2, 0.25) is 0 Å². The summed E-state index contributed by atoms with van der Waals surface area (Å²) < 4.78 is 0. The molecule has 4 saturated carbocycles. The number of aliphatic hydroxyl groups excluding tert-OH is 1. The van der Waals surface area contributed by atoms with Crippen LogP contribution >= 0.6 is 0 Å². The maximum Gasteiger partial charge on any atom is 0.303 e. The third kappa shape index (κ3) is 6.03. The van der Waals surface area contributed by atoms with E-state index >= 15 is 0 Å². The zero-order valence-electron chi connectivity index (χ0n) is 23.0. The van der Waals surface area contributed by atoms with E-state index in [4.69, 9.17) is 5.11 Å². The van der Waals surface area contributed by atoms with Crippen LogP contribution in [-0.4, -0.2) is 28.1 Å². The lowest BCUT2D eigenvalue weighted by Gasteiger charge is -2.61. The van der Waals surface area contributed by atoms with Gasteiger partial charge in [-0.3, -0.25) is 9.59 Å². The molecule has 0 bridgehead atoms. The van der Waals surface area contributed by atoms with Crippen molar-refractivity contribution in [3.05, 3.63) is 0 Å². The second kappa shape index (κ2) is 13.3. The molecule has 0 amide bonds. The van der Waals surface area contributed by atoms with Gasteiger partial charge in [0, 0.05) is 19.3 Å². The number of carboxylic acids is 1. The molecule has 8 atom stereocenters. The zero-order chi connectivity index (χ0) is 25.4. The number of Topliss-reactive ketones (excluding diaryl/α,β-unsaturated/α-hetero) is 1. The van der Waals surface area contributed by atoms with Crippen molar-refractivity contribution in [2.75, 3.05) is 0 Å². The van der Waals surface area contributed by atoms with Crippen LogP contribution in [0.15, 0.2) is 0 Å². The molecule has 0 aliphatic heterocycles. The fourth-order valence-electron chi connectivity index (χ4n) is 8.10. The van der Waals surface area contributed by atoms with Crippen molar-refractivity contribution in [1.82, 2.24) is 0 Å². The van der Waals surface area contributed by atoms with Crippen LogP contribution in [0.3, 0.4) is 0 Å². The van der Waals surface area contributed by atoms with E-state index < -0.39 is 5.97 Å².